The molecule has 0 radical (unpaired) electrons. The Bertz CT molecular complexity index is 1160. The first-order chi connectivity index (χ1) is 15.5. The summed E-state index contributed by atoms with van der Waals surface area (Å²) in [4.78, 5) is 36.3. The number of anilines is 1. The summed E-state index contributed by atoms with van der Waals surface area (Å²) in [5, 5.41) is 6.88. The summed E-state index contributed by atoms with van der Waals surface area (Å²) < 4.78 is 5.34. The molecule has 3 aromatic carbocycles. The van der Waals surface area contributed by atoms with Gasteiger partial charge in [0.15, 0.2) is 0 Å². The van der Waals surface area contributed by atoms with E-state index in [1.165, 1.54) is 6.21 Å². The summed E-state index contributed by atoms with van der Waals surface area (Å²) in [6.07, 6.45) is 2.06. The van der Waals surface area contributed by atoms with Gasteiger partial charge in [-0.25, -0.2) is 10.2 Å². The summed E-state index contributed by atoms with van der Waals surface area (Å²) in [5.74, 6) is -1.96. The Hall–Kier alpha value is -3.97. The minimum Gasteiger partial charge on any atom is -0.423 e. The number of benzene rings is 3. The van der Waals surface area contributed by atoms with Gasteiger partial charge in [-0.3, -0.25) is 9.59 Å². The molecule has 0 fully saturated rings. The Morgan fingerprint density at radius 2 is 1.72 bits per heavy atom. The molecule has 7 nitrogen and oxygen atoms in total. The van der Waals surface area contributed by atoms with Crippen LogP contribution in [-0.2, 0) is 16.0 Å². The van der Waals surface area contributed by atoms with Crippen LogP contribution in [0.2, 0.25) is 5.02 Å². The summed E-state index contributed by atoms with van der Waals surface area (Å²) >= 11 is 5.82. The van der Waals surface area contributed by atoms with Gasteiger partial charge in [0.1, 0.15) is 5.75 Å². The number of hydrogen-bond acceptors (Lipinski definition) is 5. The zero-order valence-electron chi connectivity index (χ0n) is 17.2. The van der Waals surface area contributed by atoms with E-state index in [0.717, 1.165) is 12.0 Å². The van der Waals surface area contributed by atoms with Gasteiger partial charge >= 0.3 is 17.8 Å². The van der Waals surface area contributed by atoms with Gasteiger partial charge in [0, 0.05) is 10.7 Å². The van der Waals surface area contributed by atoms with Gasteiger partial charge in [0.25, 0.3) is 0 Å². The molecular weight excluding hydrogens is 430 g/mol. The van der Waals surface area contributed by atoms with Crippen molar-refractivity contribution < 1.29 is 19.1 Å². The van der Waals surface area contributed by atoms with Crippen molar-refractivity contribution in [1.82, 2.24) is 5.43 Å². The molecule has 2 amide bonds. The smallest absolute Gasteiger partial charge is 0.343 e. The monoisotopic (exact) mass is 449 g/mol. The molecule has 0 saturated carbocycles. The fourth-order valence-electron chi connectivity index (χ4n) is 2.76. The van der Waals surface area contributed by atoms with Gasteiger partial charge < -0.3 is 10.1 Å². The number of ether oxygens (including phenoxy) is 1. The second-order valence-electron chi connectivity index (χ2n) is 6.63. The fourth-order valence-corrected chi connectivity index (χ4v) is 2.88. The standard InChI is InChI=1S/C24H20ClN3O4/c1-2-17-7-3-4-9-21(17)27-22(29)23(30)28-26-15-16-6-5-8-20(14-16)32-24(31)18-10-12-19(25)13-11-18/h3-15H,2H2,1H3,(H,27,29)(H,28,30)/b26-15+. The number of carbonyl (C=O) groups is 3. The number of amides is 2. The predicted molar refractivity (Wildman–Crippen MR) is 123 cm³/mol. The average Bonchev–Trinajstić information content (AvgIpc) is 2.80. The maximum Gasteiger partial charge on any atom is 0.343 e. The number of hydrogen-bond donors (Lipinski definition) is 2. The van der Waals surface area contributed by atoms with Crippen molar-refractivity contribution in [2.75, 3.05) is 5.32 Å². The lowest BCUT2D eigenvalue weighted by atomic mass is 10.1. The van der Waals surface area contributed by atoms with E-state index in [2.05, 4.69) is 15.8 Å². The van der Waals surface area contributed by atoms with E-state index in [0.29, 0.717) is 27.6 Å². The Morgan fingerprint density at radius 3 is 2.47 bits per heavy atom. The first kappa shape index (κ1) is 22.7. The van der Waals surface area contributed by atoms with Crippen LogP contribution in [0.25, 0.3) is 0 Å². The van der Waals surface area contributed by atoms with E-state index < -0.39 is 17.8 Å². The lowest BCUT2D eigenvalue weighted by molar-refractivity contribution is -0.136. The van der Waals surface area contributed by atoms with Crippen LogP contribution < -0.4 is 15.5 Å². The van der Waals surface area contributed by atoms with E-state index in [1.807, 2.05) is 19.1 Å². The topological polar surface area (TPSA) is 96.9 Å². The van der Waals surface area contributed by atoms with Crippen LogP contribution in [0.1, 0.15) is 28.4 Å². The first-order valence-corrected chi connectivity index (χ1v) is 10.1. The van der Waals surface area contributed by atoms with Crippen LogP contribution in [0.4, 0.5) is 5.69 Å². The third-order valence-electron chi connectivity index (χ3n) is 4.38. The second-order valence-corrected chi connectivity index (χ2v) is 7.07. The third kappa shape index (κ3) is 6.26. The highest BCUT2D eigenvalue weighted by Crippen LogP contribution is 2.16. The van der Waals surface area contributed by atoms with Crippen LogP contribution in [0.5, 0.6) is 5.75 Å². The largest absolute Gasteiger partial charge is 0.423 e. The van der Waals surface area contributed by atoms with Crippen molar-refractivity contribution in [2.24, 2.45) is 5.10 Å². The van der Waals surface area contributed by atoms with Gasteiger partial charge in [0.2, 0.25) is 0 Å². The van der Waals surface area contributed by atoms with Crippen molar-refractivity contribution in [3.63, 3.8) is 0 Å². The molecule has 0 aliphatic rings. The van der Waals surface area contributed by atoms with Gasteiger partial charge in [-0.2, -0.15) is 5.10 Å². The third-order valence-corrected chi connectivity index (χ3v) is 4.63. The number of nitrogens with one attached hydrogen (secondary N) is 2. The van der Waals surface area contributed by atoms with Crippen molar-refractivity contribution in [2.45, 2.75) is 13.3 Å². The molecule has 0 spiro atoms. The van der Waals surface area contributed by atoms with Crippen LogP contribution in [0, 0.1) is 0 Å². The summed E-state index contributed by atoms with van der Waals surface area (Å²) in [7, 11) is 0. The number of carbonyl (C=O) groups excluding carboxylic acids is 3. The number of rotatable bonds is 6. The molecule has 3 aromatic rings. The Balaban J connectivity index is 1.57. The molecule has 0 aromatic heterocycles. The summed E-state index contributed by atoms with van der Waals surface area (Å²) in [5.41, 5.74) is 4.59. The average molecular weight is 450 g/mol. The molecule has 0 bridgehead atoms. The van der Waals surface area contributed by atoms with Crippen LogP contribution in [0.3, 0.4) is 0 Å². The summed E-state index contributed by atoms with van der Waals surface area (Å²) in [6.45, 7) is 1.95. The minimum absolute atomic E-state index is 0.300. The van der Waals surface area contributed by atoms with Crippen molar-refractivity contribution in [3.05, 3.63) is 94.5 Å². The molecule has 162 valence electrons. The lowest BCUT2D eigenvalue weighted by Crippen LogP contribution is -2.32. The highest BCUT2D eigenvalue weighted by molar-refractivity contribution is 6.39. The normalized spacial score (nSPS) is 10.6. The molecule has 0 aliphatic heterocycles. The zero-order chi connectivity index (χ0) is 22.9. The van der Waals surface area contributed by atoms with Crippen LogP contribution >= 0.6 is 11.6 Å². The number of para-hydroxylation sites is 1. The van der Waals surface area contributed by atoms with Gasteiger partial charge in [-0.15, -0.1) is 0 Å². The Morgan fingerprint density at radius 1 is 0.969 bits per heavy atom. The highest BCUT2D eigenvalue weighted by atomic mass is 35.5. The van der Waals surface area contributed by atoms with Gasteiger partial charge in [-0.1, -0.05) is 48.9 Å². The molecule has 0 saturated heterocycles. The van der Waals surface area contributed by atoms with Crippen LogP contribution in [0.15, 0.2) is 77.9 Å². The Kier molecular flexibility index (Phi) is 7.72. The number of nitrogens with zero attached hydrogens (tertiary/aromatic N) is 1. The lowest BCUT2D eigenvalue weighted by Gasteiger charge is -2.08. The number of halogens is 1. The summed E-state index contributed by atoms with van der Waals surface area (Å²) in [6, 6.07) is 20.1. The first-order valence-electron chi connectivity index (χ1n) is 9.76. The SMILES string of the molecule is CCc1ccccc1NC(=O)C(=O)N/N=C/c1cccc(OC(=O)c2ccc(Cl)cc2)c1. The van der Waals surface area contributed by atoms with E-state index in [1.54, 1.807) is 60.7 Å². The maximum absolute atomic E-state index is 12.2. The molecule has 0 heterocycles. The number of esters is 1. The molecule has 2 N–H and O–H groups in total. The van der Waals surface area contributed by atoms with E-state index >= 15 is 0 Å². The molecule has 0 atom stereocenters. The van der Waals surface area contributed by atoms with E-state index in [9.17, 15) is 14.4 Å². The van der Waals surface area contributed by atoms with Crippen molar-refractivity contribution in [1.29, 1.82) is 0 Å². The predicted octanol–water partition coefficient (Wildman–Crippen LogP) is 4.21. The van der Waals surface area contributed by atoms with Crippen molar-refractivity contribution >= 4 is 41.3 Å². The quantitative estimate of drug-likeness (QED) is 0.194. The molecule has 32 heavy (non-hydrogen) atoms. The highest BCUT2D eigenvalue weighted by Gasteiger charge is 2.14. The van der Waals surface area contributed by atoms with E-state index in [4.69, 9.17) is 16.3 Å². The van der Waals surface area contributed by atoms with Gasteiger partial charge in [-0.05, 0) is 60.0 Å². The molecule has 0 unspecified atom stereocenters. The second kappa shape index (κ2) is 10.9. The minimum atomic E-state index is -0.905. The van der Waals surface area contributed by atoms with Gasteiger partial charge in [0.05, 0.1) is 11.8 Å². The molecule has 3 rings (SSSR count). The number of aryl methyl sites for hydroxylation is 1. The zero-order valence-corrected chi connectivity index (χ0v) is 17.9. The molecular formula is C24H20ClN3O4. The molecule has 0 aliphatic carbocycles. The fraction of sp³-hybridized carbons (Fsp3) is 0.0833. The number of hydrazone groups is 1. The Labute approximate surface area is 190 Å². The maximum atomic E-state index is 12.2. The van der Waals surface area contributed by atoms with E-state index in [-0.39, 0.29) is 0 Å². The van der Waals surface area contributed by atoms with Crippen molar-refractivity contribution in [3.8, 4) is 5.75 Å². The molecule has 8 heteroatoms. The van der Waals surface area contributed by atoms with Crippen LogP contribution in [-0.4, -0.2) is 24.0 Å².